The summed E-state index contributed by atoms with van der Waals surface area (Å²) in [5.41, 5.74) is 0.482. The van der Waals surface area contributed by atoms with E-state index in [1.54, 1.807) is 86.2 Å². The van der Waals surface area contributed by atoms with Crippen LogP contribution in [0.3, 0.4) is 0 Å². The van der Waals surface area contributed by atoms with E-state index >= 15 is 0 Å². The molecule has 0 fully saturated rings. The van der Waals surface area contributed by atoms with Gasteiger partial charge in [-0.25, -0.2) is 4.68 Å². The predicted octanol–water partition coefficient (Wildman–Crippen LogP) is 4.79. The molecule has 0 atom stereocenters. The maximum absolute atomic E-state index is 13.6. The zero-order valence-corrected chi connectivity index (χ0v) is 23.0. The second-order valence-electron chi connectivity index (χ2n) is 9.11. The van der Waals surface area contributed by atoms with Crippen LogP contribution in [0.5, 0.6) is 11.6 Å². The number of anilines is 1. The van der Waals surface area contributed by atoms with Crippen molar-refractivity contribution in [3.8, 4) is 23.4 Å². The van der Waals surface area contributed by atoms with Crippen LogP contribution >= 0.6 is 11.6 Å². The Morgan fingerprint density at radius 3 is 2.44 bits per heavy atom. The second-order valence-corrected chi connectivity index (χ2v) is 9.52. The molecule has 0 unspecified atom stereocenters. The Morgan fingerprint density at radius 2 is 1.73 bits per heavy atom. The van der Waals surface area contributed by atoms with Gasteiger partial charge in [0.2, 0.25) is 5.88 Å². The molecule has 2 aromatic carbocycles. The molecule has 11 heteroatoms. The van der Waals surface area contributed by atoms with Crippen molar-refractivity contribution in [1.82, 2.24) is 18.7 Å². The lowest BCUT2D eigenvalue weighted by Gasteiger charge is -2.12. The van der Waals surface area contributed by atoms with Crippen molar-refractivity contribution < 1.29 is 9.53 Å². The summed E-state index contributed by atoms with van der Waals surface area (Å²) in [5, 5.41) is 12.8. The van der Waals surface area contributed by atoms with Gasteiger partial charge in [0.25, 0.3) is 17.0 Å². The molecule has 1 amide bonds. The average molecular weight is 567 g/mol. The fraction of sp³-hybridized carbons (Fsp3) is 0.100. The minimum absolute atomic E-state index is 0.000901. The fourth-order valence-electron chi connectivity index (χ4n) is 4.31. The number of benzene rings is 2. The molecule has 0 spiro atoms. The van der Waals surface area contributed by atoms with Gasteiger partial charge < -0.3 is 10.1 Å². The maximum atomic E-state index is 13.6. The molecule has 0 radical (unpaired) electrons. The number of nitriles is 1. The number of pyridine rings is 1. The first-order chi connectivity index (χ1) is 19.7. The van der Waals surface area contributed by atoms with Gasteiger partial charge in [-0.2, -0.15) is 10.2 Å². The topological polar surface area (TPSA) is 123 Å². The second kappa shape index (κ2) is 11.0. The number of halogens is 1. The third-order valence-corrected chi connectivity index (χ3v) is 6.85. The number of hydrogen-bond acceptors (Lipinski definition) is 6. The van der Waals surface area contributed by atoms with E-state index in [0.717, 1.165) is 6.08 Å². The first kappa shape index (κ1) is 27.2. The van der Waals surface area contributed by atoms with Crippen molar-refractivity contribution in [3.05, 3.63) is 121 Å². The minimum Gasteiger partial charge on any atom is -0.437 e. The van der Waals surface area contributed by atoms with Crippen LogP contribution in [-0.4, -0.2) is 24.7 Å². The summed E-state index contributed by atoms with van der Waals surface area (Å²) >= 11 is 6.28. The molecule has 0 bridgehead atoms. The van der Waals surface area contributed by atoms with E-state index in [1.807, 2.05) is 12.1 Å². The SMILES string of the molecule is Cc1cccn2c(=O)c(/C=C(\C#N)C(=O)Nc3c(C)n(C)n(-c4ccccc4)c3=O)c(Oc3ccccc3Cl)nc12. The number of para-hydroxylation sites is 2. The molecule has 0 saturated carbocycles. The first-order valence-corrected chi connectivity index (χ1v) is 12.8. The Balaban J connectivity index is 1.61. The Hall–Kier alpha value is -5.40. The third kappa shape index (κ3) is 5.02. The Morgan fingerprint density at radius 1 is 1.02 bits per heavy atom. The van der Waals surface area contributed by atoms with Crippen LogP contribution in [0.2, 0.25) is 5.02 Å². The van der Waals surface area contributed by atoms with Gasteiger partial charge in [-0.3, -0.25) is 23.5 Å². The number of fused-ring (bicyclic) bond motifs is 1. The van der Waals surface area contributed by atoms with E-state index in [0.29, 0.717) is 22.6 Å². The Kier molecular flexibility index (Phi) is 7.29. The molecular formula is C30H23ClN6O4. The van der Waals surface area contributed by atoms with Gasteiger partial charge in [0.05, 0.1) is 16.4 Å². The number of nitrogens with zero attached hydrogens (tertiary/aromatic N) is 5. The van der Waals surface area contributed by atoms with E-state index in [4.69, 9.17) is 16.3 Å². The lowest BCUT2D eigenvalue weighted by atomic mass is 10.1. The van der Waals surface area contributed by atoms with Gasteiger partial charge in [-0.1, -0.05) is 48.0 Å². The highest BCUT2D eigenvalue weighted by atomic mass is 35.5. The number of carbonyl (C=O) groups excluding carboxylic acids is 1. The number of ether oxygens (including phenoxy) is 1. The minimum atomic E-state index is -0.879. The molecule has 204 valence electrons. The number of rotatable bonds is 6. The molecule has 0 saturated heterocycles. The van der Waals surface area contributed by atoms with E-state index < -0.39 is 22.6 Å². The molecule has 1 N–H and O–H groups in total. The van der Waals surface area contributed by atoms with E-state index in [1.165, 1.54) is 15.3 Å². The van der Waals surface area contributed by atoms with Gasteiger partial charge in [0.15, 0.2) is 0 Å². The highest BCUT2D eigenvalue weighted by Gasteiger charge is 2.22. The molecule has 3 heterocycles. The maximum Gasteiger partial charge on any atom is 0.295 e. The molecule has 3 aromatic heterocycles. The van der Waals surface area contributed by atoms with Crippen molar-refractivity contribution in [2.24, 2.45) is 7.05 Å². The molecule has 0 aliphatic rings. The normalized spacial score (nSPS) is 11.3. The quantitative estimate of drug-likeness (QED) is 0.233. The summed E-state index contributed by atoms with van der Waals surface area (Å²) in [7, 11) is 1.68. The highest BCUT2D eigenvalue weighted by Crippen LogP contribution is 2.30. The summed E-state index contributed by atoms with van der Waals surface area (Å²) in [5.74, 6) is -0.783. The summed E-state index contributed by atoms with van der Waals surface area (Å²) in [4.78, 5) is 44.7. The zero-order valence-electron chi connectivity index (χ0n) is 22.3. The van der Waals surface area contributed by atoms with Gasteiger partial charge in [-0.15, -0.1) is 0 Å². The van der Waals surface area contributed by atoms with Gasteiger partial charge >= 0.3 is 0 Å². The molecule has 10 nitrogen and oxygen atoms in total. The van der Waals surface area contributed by atoms with Crippen molar-refractivity contribution >= 4 is 34.9 Å². The molecule has 5 rings (SSSR count). The van der Waals surface area contributed by atoms with Gasteiger partial charge in [-0.05, 0) is 55.8 Å². The zero-order chi connectivity index (χ0) is 29.3. The highest BCUT2D eigenvalue weighted by molar-refractivity contribution is 6.32. The van der Waals surface area contributed by atoms with Crippen LogP contribution < -0.4 is 21.2 Å². The number of carbonyl (C=O) groups is 1. The number of hydrogen-bond donors (Lipinski definition) is 1. The number of aromatic nitrogens is 4. The van der Waals surface area contributed by atoms with Crippen LogP contribution in [0, 0.1) is 25.2 Å². The van der Waals surface area contributed by atoms with Crippen LogP contribution in [0.15, 0.2) is 88.1 Å². The smallest absolute Gasteiger partial charge is 0.295 e. The van der Waals surface area contributed by atoms with E-state index in [9.17, 15) is 19.6 Å². The summed E-state index contributed by atoms with van der Waals surface area (Å²) in [6, 6.07) is 20.9. The third-order valence-electron chi connectivity index (χ3n) is 6.54. The standard InChI is InChI=1S/C30H23ClN6O4/c1-18-10-9-15-36-26(18)34-28(41-24-14-8-7-13-23(24)31)22(29(36)39)16-20(17-32)27(38)33-25-19(2)35(3)37(30(25)40)21-11-5-4-6-12-21/h4-16H,1-3H3,(H,33,38)/b20-16+. The largest absolute Gasteiger partial charge is 0.437 e. The predicted molar refractivity (Wildman–Crippen MR) is 156 cm³/mol. The fourth-order valence-corrected chi connectivity index (χ4v) is 4.49. The first-order valence-electron chi connectivity index (χ1n) is 12.4. The average Bonchev–Trinajstić information content (AvgIpc) is 3.18. The lowest BCUT2D eigenvalue weighted by Crippen LogP contribution is -2.24. The van der Waals surface area contributed by atoms with E-state index in [-0.39, 0.29) is 27.9 Å². The molecule has 41 heavy (non-hydrogen) atoms. The van der Waals surface area contributed by atoms with Crippen molar-refractivity contribution in [1.29, 1.82) is 5.26 Å². The number of aryl methyl sites for hydroxylation is 1. The van der Waals surface area contributed by atoms with Crippen molar-refractivity contribution in [3.63, 3.8) is 0 Å². The van der Waals surface area contributed by atoms with Crippen molar-refractivity contribution in [2.75, 3.05) is 5.32 Å². The van der Waals surface area contributed by atoms with Gasteiger partial charge in [0, 0.05) is 13.2 Å². The summed E-state index contributed by atoms with van der Waals surface area (Å²) in [6.07, 6.45) is 2.62. The van der Waals surface area contributed by atoms with Crippen LogP contribution in [0.4, 0.5) is 5.69 Å². The Labute approximate surface area is 238 Å². The summed E-state index contributed by atoms with van der Waals surface area (Å²) < 4.78 is 10.2. The monoisotopic (exact) mass is 566 g/mol. The van der Waals surface area contributed by atoms with E-state index in [2.05, 4.69) is 10.3 Å². The van der Waals surface area contributed by atoms with Gasteiger partial charge in [0.1, 0.15) is 34.3 Å². The summed E-state index contributed by atoms with van der Waals surface area (Å²) in [6.45, 7) is 3.46. The van der Waals surface area contributed by atoms with Crippen LogP contribution in [0.25, 0.3) is 17.4 Å². The van der Waals surface area contributed by atoms with Crippen molar-refractivity contribution in [2.45, 2.75) is 13.8 Å². The Bertz CT molecular complexity index is 2020. The molecule has 0 aliphatic carbocycles. The number of amides is 1. The molecular weight excluding hydrogens is 544 g/mol. The van der Waals surface area contributed by atoms with Crippen LogP contribution in [0.1, 0.15) is 16.8 Å². The lowest BCUT2D eigenvalue weighted by molar-refractivity contribution is -0.112. The molecule has 0 aliphatic heterocycles. The van der Waals surface area contributed by atoms with Crippen LogP contribution in [-0.2, 0) is 11.8 Å². The molecule has 5 aromatic rings. The number of nitrogens with one attached hydrogen (secondary N) is 1.